The van der Waals surface area contributed by atoms with Gasteiger partial charge in [-0.15, -0.1) is 11.3 Å². The Morgan fingerprint density at radius 2 is 2.20 bits per heavy atom. The Balaban J connectivity index is 1.85. The molecule has 1 N–H and O–H groups in total. The van der Waals surface area contributed by atoms with E-state index in [4.69, 9.17) is 19.3 Å². The number of benzene rings is 1. The van der Waals surface area contributed by atoms with Crippen molar-refractivity contribution in [1.29, 1.82) is 0 Å². The minimum atomic E-state index is -1.09. The van der Waals surface area contributed by atoms with Crippen LogP contribution in [-0.2, 0) is 14.3 Å². The summed E-state index contributed by atoms with van der Waals surface area (Å²) < 4.78 is 15.5. The van der Waals surface area contributed by atoms with Crippen molar-refractivity contribution in [3.8, 4) is 11.5 Å². The second kappa shape index (κ2) is 7.18. The topological polar surface area (TPSA) is 94.4 Å². The minimum absolute atomic E-state index is 0.171. The van der Waals surface area contributed by atoms with Crippen LogP contribution in [0.5, 0.6) is 11.5 Å². The summed E-state index contributed by atoms with van der Waals surface area (Å²) in [6.07, 6.45) is 1.56. The number of aliphatic imine (C=N–C) groups is 1. The first kappa shape index (κ1) is 16.7. The van der Waals surface area contributed by atoms with Gasteiger partial charge in [-0.05, 0) is 35.2 Å². The van der Waals surface area contributed by atoms with Gasteiger partial charge in [0.1, 0.15) is 0 Å². The summed E-state index contributed by atoms with van der Waals surface area (Å²) in [4.78, 5) is 27.5. The smallest absolute Gasteiger partial charge is 0.363 e. The molecular formula is C17H13NO6S. The van der Waals surface area contributed by atoms with Crippen LogP contribution in [-0.4, -0.2) is 36.7 Å². The molecule has 1 aliphatic rings. The highest BCUT2D eigenvalue weighted by Gasteiger charge is 2.24. The second-order valence-electron chi connectivity index (χ2n) is 4.91. The van der Waals surface area contributed by atoms with E-state index < -0.39 is 18.5 Å². The molecule has 7 nitrogen and oxygen atoms in total. The Bertz CT molecular complexity index is 869. The van der Waals surface area contributed by atoms with Gasteiger partial charge in [-0.25, -0.2) is 14.6 Å². The Morgan fingerprint density at radius 1 is 1.36 bits per heavy atom. The van der Waals surface area contributed by atoms with Crippen molar-refractivity contribution < 1.29 is 28.9 Å². The van der Waals surface area contributed by atoms with Crippen LogP contribution in [0.25, 0.3) is 6.08 Å². The number of carboxylic acids is 1. The standard InChI is InChI=1S/C17H13NO6S/c1-22-13-8-10(4-5-12(13)23-9-15(19)20)7-11-17(21)24-16(18-11)14-3-2-6-25-14/h2-8H,9H2,1H3,(H,19,20)/b11-7-. The molecule has 0 spiro atoms. The van der Waals surface area contributed by atoms with Crippen LogP contribution in [0.1, 0.15) is 10.4 Å². The molecule has 8 heteroatoms. The lowest BCUT2D eigenvalue weighted by Gasteiger charge is -2.09. The number of carbonyl (C=O) groups is 2. The van der Waals surface area contributed by atoms with E-state index in [1.807, 2.05) is 17.5 Å². The van der Waals surface area contributed by atoms with Crippen LogP contribution in [0.4, 0.5) is 0 Å². The van der Waals surface area contributed by atoms with Crippen LogP contribution >= 0.6 is 11.3 Å². The summed E-state index contributed by atoms with van der Waals surface area (Å²) >= 11 is 1.43. The number of hydrogen-bond acceptors (Lipinski definition) is 7. The summed E-state index contributed by atoms with van der Waals surface area (Å²) in [6, 6.07) is 8.52. The summed E-state index contributed by atoms with van der Waals surface area (Å²) in [7, 11) is 1.44. The second-order valence-corrected chi connectivity index (χ2v) is 5.85. The van der Waals surface area contributed by atoms with Crippen LogP contribution in [0.3, 0.4) is 0 Å². The largest absolute Gasteiger partial charge is 0.493 e. The first-order valence-electron chi connectivity index (χ1n) is 7.16. The van der Waals surface area contributed by atoms with Crippen molar-refractivity contribution in [1.82, 2.24) is 0 Å². The zero-order chi connectivity index (χ0) is 17.8. The highest BCUT2D eigenvalue weighted by atomic mass is 32.1. The van der Waals surface area contributed by atoms with E-state index in [0.29, 0.717) is 17.1 Å². The molecule has 0 amide bonds. The Hall–Kier alpha value is -3.13. The number of rotatable bonds is 6. The van der Waals surface area contributed by atoms with E-state index >= 15 is 0 Å². The third kappa shape index (κ3) is 3.86. The van der Waals surface area contributed by atoms with Crippen LogP contribution in [0, 0.1) is 0 Å². The fourth-order valence-corrected chi connectivity index (χ4v) is 2.75. The summed E-state index contributed by atoms with van der Waals surface area (Å²) in [5.74, 6) is -0.696. The number of methoxy groups -OCH3 is 1. The zero-order valence-corrected chi connectivity index (χ0v) is 13.9. The predicted octanol–water partition coefficient (Wildman–Crippen LogP) is 2.56. The van der Waals surface area contributed by atoms with Crippen molar-refractivity contribution in [2.75, 3.05) is 13.7 Å². The Kier molecular flexibility index (Phi) is 4.80. The molecule has 0 bridgehead atoms. The first-order chi connectivity index (χ1) is 12.1. The molecular weight excluding hydrogens is 346 g/mol. The summed E-state index contributed by atoms with van der Waals surface area (Å²) in [5, 5.41) is 10.5. The van der Waals surface area contributed by atoms with Gasteiger partial charge in [-0.2, -0.15) is 0 Å². The molecule has 25 heavy (non-hydrogen) atoms. The van der Waals surface area contributed by atoms with Crippen molar-refractivity contribution >= 4 is 35.2 Å². The number of ether oxygens (including phenoxy) is 3. The molecule has 0 saturated heterocycles. The number of aliphatic carboxylic acids is 1. The van der Waals surface area contributed by atoms with E-state index in [9.17, 15) is 9.59 Å². The van der Waals surface area contributed by atoms with E-state index in [0.717, 1.165) is 4.88 Å². The minimum Gasteiger partial charge on any atom is -0.493 e. The molecule has 0 fully saturated rings. The molecule has 1 aromatic heterocycles. The number of carboxylic acid groups (broad SMARTS) is 1. The monoisotopic (exact) mass is 359 g/mol. The number of cyclic esters (lactones) is 1. The van der Waals surface area contributed by atoms with Gasteiger partial charge in [0.25, 0.3) is 0 Å². The molecule has 0 aliphatic carbocycles. The molecule has 128 valence electrons. The van der Waals surface area contributed by atoms with E-state index in [2.05, 4.69) is 4.99 Å². The lowest BCUT2D eigenvalue weighted by atomic mass is 10.1. The summed E-state index contributed by atoms with van der Waals surface area (Å²) in [6.45, 7) is -0.475. The van der Waals surface area contributed by atoms with Crippen molar-refractivity contribution in [3.05, 3.63) is 51.8 Å². The number of hydrogen-bond donors (Lipinski definition) is 1. The lowest BCUT2D eigenvalue weighted by Crippen LogP contribution is -2.10. The molecule has 0 saturated carbocycles. The van der Waals surface area contributed by atoms with E-state index in [-0.39, 0.29) is 11.6 Å². The highest BCUT2D eigenvalue weighted by molar-refractivity contribution is 7.12. The highest BCUT2D eigenvalue weighted by Crippen LogP contribution is 2.30. The average Bonchev–Trinajstić information content (AvgIpc) is 3.24. The molecule has 0 atom stereocenters. The molecule has 1 aromatic carbocycles. The quantitative estimate of drug-likeness (QED) is 0.629. The van der Waals surface area contributed by atoms with Gasteiger partial charge in [0.2, 0.25) is 5.90 Å². The number of esters is 1. The molecule has 0 unspecified atom stereocenters. The van der Waals surface area contributed by atoms with Gasteiger partial charge in [-0.1, -0.05) is 12.1 Å². The number of carbonyl (C=O) groups excluding carboxylic acids is 1. The van der Waals surface area contributed by atoms with Crippen LogP contribution in [0.2, 0.25) is 0 Å². The molecule has 3 rings (SSSR count). The number of thiophene rings is 1. The average molecular weight is 359 g/mol. The maximum atomic E-state index is 12.0. The first-order valence-corrected chi connectivity index (χ1v) is 8.04. The van der Waals surface area contributed by atoms with Gasteiger partial charge in [0, 0.05) is 0 Å². The van der Waals surface area contributed by atoms with Crippen LogP contribution in [0.15, 0.2) is 46.4 Å². The van der Waals surface area contributed by atoms with Gasteiger partial charge < -0.3 is 19.3 Å². The predicted molar refractivity (Wildman–Crippen MR) is 91.0 cm³/mol. The molecule has 2 aromatic rings. The fourth-order valence-electron chi connectivity index (χ4n) is 2.11. The maximum Gasteiger partial charge on any atom is 0.363 e. The zero-order valence-electron chi connectivity index (χ0n) is 13.1. The lowest BCUT2D eigenvalue weighted by molar-refractivity contribution is -0.139. The third-order valence-corrected chi connectivity index (χ3v) is 4.05. The normalized spacial score (nSPS) is 15.0. The van der Waals surface area contributed by atoms with Crippen molar-refractivity contribution in [2.24, 2.45) is 4.99 Å². The van der Waals surface area contributed by atoms with Crippen molar-refractivity contribution in [2.45, 2.75) is 0 Å². The molecule has 0 radical (unpaired) electrons. The van der Waals surface area contributed by atoms with Gasteiger partial charge in [0.05, 0.1) is 12.0 Å². The van der Waals surface area contributed by atoms with Crippen LogP contribution < -0.4 is 9.47 Å². The fraction of sp³-hybridized carbons (Fsp3) is 0.118. The maximum absolute atomic E-state index is 12.0. The molecule has 1 aliphatic heterocycles. The Labute approximate surface area is 146 Å². The SMILES string of the molecule is COc1cc(/C=C2\N=C(c3cccs3)OC2=O)ccc1OCC(=O)O. The van der Waals surface area contributed by atoms with Crippen molar-refractivity contribution in [3.63, 3.8) is 0 Å². The van der Waals surface area contributed by atoms with E-state index in [1.54, 1.807) is 24.3 Å². The Morgan fingerprint density at radius 3 is 2.88 bits per heavy atom. The third-order valence-electron chi connectivity index (χ3n) is 3.19. The summed E-state index contributed by atoms with van der Waals surface area (Å²) in [5.41, 5.74) is 0.812. The van der Waals surface area contributed by atoms with E-state index in [1.165, 1.54) is 18.4 Å². The molecule has 2 heterocycles. The van der Waals surface area contributed by atoms with Gasteiger partial charge >= 0.3 is 11.9 Å². The number of nitrogens with zero attached hydrogens (tertiary/aromatic N) is 1. The van der Waals surface area contributed by atoms with Gasteiger partial charge in [0.15, 0.2) is 23.8 Å². The van der Waals surface area contributed by atoms with Gasteiger partial charge in [-0.3, -0.25) is 0 Å².